The SMILES string of the molecule is C[C@H]1C[C@]2(C)C[C@@H]2CO1. The van der Waals surface area contributed by atoms with Crippen molar-refractivity contribution in [2.24, 2.45) is 11.3 Å². The minimum Gasteiger partial charge on any atom is -0.378 e. The molecule has 0 N–H and O–H groups in total. The van der Waals surface area contributed by atoms with Crippen molar-refractivity contribution < 1.29 is 4.74 Å². The third-order valence-electron chi connectivity index (χ3n) is 2.87. The summed E-state index contributed by atoms with van der Waals surface area (Å²) >= 11 is 0. The fourth-order valence-corrected chi connectivity index (χ4v) is 2.01. The average molecular weight is 126 g/mol. The molecule has 52 valence electrons. The summed E-state index contributed by atoms with van der Waals surface area (Å²) in [6.07, 6.45) is 3.23. The minimum atomic E-state index is 0.522. The van der Waals surface area contributed by atoms with Crippen LogP contribution < -0.4 is 0 Å². The third kappa shape index (κ3) is 0.787. The molecule has 0 amide bonds. The van der Waals surface area contributed by atoms with E-state index in [1.807, 2.05) is 0 Å². The molecule has 3 atom stereocenters. The first-order valence-electron chi connectivity index (χ1n) is 3.82. The summed E-state index contributed by atoms with van der Waals surface area (Å²) in [5.74, 6) is 0.911. The Kier molecular flexibility index (Phi) is 0.963. The highest BCUT2D eigenvalue weighted by atomic mass is 16.5. The van der Waals surface area contributed by atoms with E-state index in [0.717, 1.165) is 12.5 Å². The Labute approximate surface area is 56.4 Å². The van der Waals surface area contributed by atoms with Crippen LogP contribution in [0.15, 0.2) is 0 Å². The van der Waals surface area contributed by atoms with Gasteiger partial charge in [0.15, 0.2) is 0 Å². The largest absolute Gasteiger partial charge is 0.378 e. The molecule has 0 bridgehead atoms. The molecule has 0 aromatic heterocycles. The van der Waals surface area contributed by atoms with Crippen LogP contribution in [-0.4, -0.2) is 12.7 Å². The second-order valence-electron chi connectivity index (χ2n) is 3.90. The van der Waals surface area contributed by atoms with E-state index in [1.165, 1.54) is 12.8 Å². The van der Waals surface area contributed by atoms with Crippen LogP contribution >= 0.6 is 0 Å². The van der Waals surface area contributed by atoms with Crippen LogP contribution in [0.2, 0.25) is 0 Å². The van der Waals surface area contributed by atoms with Crippen molar-refractivity contribution in [3.8, 4) is 0 Å². The maximum Gasteiger partial charge on any atom is 0.0552 e. The molecule has 2 fully saturated rings. The first-order chi connectivity index (χ1) is 4.21. The molecule has 0 aromatic rings. The van der Waals surface area contributed by atoms with Gasteiger partial charge in [-0.3, -0.25) is 0 Å². The summed E-state index contributed by atoms with van der Waals surface area (Å²) in [6.45, 7) is 5.59. The highest BCUT2D eigenvalue weighted by molar-refractivity contribution is 5.01. The maximum atomic E-state index is 5.50. The Morgan fingerprint density at radius 2 is 2.22 bits per heavy atom. The quantitative estimate of drug-likeness (QED) is 0.481. The van der Waals surface area contributed by atoms with Crippen LogP contribution in [0, 0.1) is 11.3 Å². The second kappa shape index (κ2) is 1.51. The molecule has 1 saturated carbocycles. The molecular weight excluding hydrogens is 112 g/mol. The van der Waals surface area contributed by atoms with Crippen molar-refractivity contribution in [2.45, 2.75) is 32.8 Å². The van der Waals surface area contributed by atoms with E-state index in [2.05, 4.69) is 13.8 Å². The van der Waals surface area contributed by atoms with Crippen molar-refractivity contribution in [3.05, 3.63) is 0 Å². The lowest BCUT2D eigenvalue weighted by molar-refractivity contribution is 0.00280. The summed E-state index contributed by atoms with van der Waals surface area (Å²) in [6, 6.07) is 0. The van der Waals surface area contributed by atoms with Gasteiger partial charge in [0.1, 0.15) is 0 Å². The monoisotopic (exact) mass is 126 g/mol. The summed E-state index contributed by atoms with van der Waals surface area (Å²) in [5, 5.41) is 0. The van der Waals surface area contributed by atoms with Crippen molar-refractivity contribution in [3.63, 3.8) is 0 Å². The molecule has 1 aliphatic heterocycles. The first kappa shape index (κ1) is 5.72. The van der Waals surface area contributed by atoms with E-state index in [9.17, 15) is 0 Å². The van der Waals surface area contributed by atoms with E-state index in [4.69, 9.17) is 4.74 Å². The van der Waals surface area contributed by atoms with Crippen LogP contribution in [0.3, 0.4) is 0 Å². The number of ether oxygens (including phenoxy) is 1. The van der Waals surface area contributed by atoms with Crippen LogP contribution in [-0.2, 0) is 4.74 Å². The Balaban J connectivity index is 2.03. The molecule has 2 rings (SSSR count). The standard InChI is InChI=1S/C8H14O/c1-6-3-8(2)4-7(8)5-9-6/h6-7H,3-5H2,1-2H3/t6-,7+,8+/m0/s1. The van der Waals surface area contributed by atoms with Gasteiger partial charge in [-0.05, 0) is 31.1 Å². The second-order valence-corrected chi connectivity index (χ2v) is 3.90. The predicted octanol–water partition coefficient (Wildman–Crippen LogP) is 1.82. The Hall–Kier alpha value is -0.0400. The lowest BCUT2D eigenvalue weighted by Gasteiger charge is -2.23. The van der Waals surface area contributed by atoms with E-state index >= 15 is 0 Å². The molecule has 0 spiro atoms. The zero-order chi connectivity index (χ0) is 6.48. The lowest BCUT2D eigenvalue weighted by atomic mass is 9.97. The van der Waals surface area contributed by atoms with Gasteiger partial charge in [0.2, 0.25) is 0 Å². The van der Waals surface area contributed by atoms with Crippen LogP contribution in [0.5, 0.6) is 0 Å². The maximum absolute atomic E-state index is 5.50. The molecule has 1 saturated heterocycles. The van der Waals surface area contributed by atoms with E-state index in [0.29, 0.717) is 11.5 Å². The summed E-state index contributed by atoms with van der Waals surface area (Å²) in [7, 11) is 0. The number of hydrogen-bond donors (Lipinski definition) is 0. The molecule has 9 heavy (non-hydrogen) atoms. The van der Waals surface area contributed by atoms with Crippen molar-refractivity contribution in [1.29, 1.82) is 0 Å². The first-order valence-corrected chi connectivity index (χ1v) is 3.82. The number of fused-ring (bicyclic) bond motifs is 1. The average Bonchev–Trinajstić information content (AvgIpc) is 2.38. The topological polar surface area (TPSA) is 9.23 Å². The van der Waals surface area contributed by atoms with Gasteiger partial charge in [-0.2, -0.15) is 0 Å². The predicted molar refractivity (Wildman–Crippen MR) is 36.2 cm³/mol. The van der Waals surface area contributed by atoms with Gasteiger partial charge in [-0.15, -0.1) is 0 Å². The Morgan fingerprint density at radius 3 is 2.78 bits per heavy atom. The molecule has 2 aliphatic rings. The van der Waals surface area contributed by atoms with Crippen LogP contribution in [0.4, 0.5) is 0 Å². The van der Waals surface area contributed by atoms with Gasteiger partial charge < -0.3 is 4.74 Å². The molecule has 1 heteroatoms. The molecular formula is C8H14O. The summed E-state index contributed by atoms with van der Waals surface area (Å²) in [4.78, 5) is 0. The van der Waals surface area contributed by atoms with E-state index in [-0.39, 0.29) is 0 Å². The van der Waals surface area contributed by atoms with Crippen molar-refractivity contribution in [2.75, 3.05) is 6.61 Å². The van der Waals surface area contributed by atoms with Gasteiger partial charge in [-0.1, -0.05) is 6.92 Å². The zero-order valence-electron chi connectivity index (χ0n) is 6.18. The normalized spacial score (nSPS) is 56.7. The van der Waals surface area contributed by atoms with Gasteiger partial charge >= 0.3 is 0 Å². The van der Waals surface area contributed by atoms with Gasteiger partial charge in [-0.25, -0.2) is 0 Å². The molecule has 1 aliphatic carbocycles. The van der Waals surface area contributed by atoms with Gasteiger partial charge in [0.05, 0.1) is 12.7 Å². The Morgan fingerprint density at radius 1 is 1.44 bits per heavy atom. The third-order valence-corrected chi connectivity index (χ3v) is 2.87. The zero-order valence-corrected chi connectivity index (χ0v) is 6.18. The minimum absolute atomic E-state index is 0.522. The number of rotatable bonds is 0. The fourth-order valence-electron chi connectivity index (χ4n) is 2.01. The van der Waals surface area contributed by atoms with Gasteiger partial charge in [0, 0.05) is 0 Å². The number of hydrogen-bond acceptors (Lipinski definition) is 1. The molecule has 1 heterocycles. The summed E-state index contributed by atoms with van der Waals surface area (Å²) < 4.78 is 5.50. The van der Waals surface area contributed by atoms with Crippen LogP contribution in [0.25, 0.3) is 0 Å². The van der Waals surface area contributed by atoms with E-state index in [1.54, 1.807) is 0 Å². The van der Waals surface area contributed by atoms with Crippen LogP contribution in [0.1, 0.15) is 26.7 Å². The fraction of sp³-hybridized carbons (Fsp3) is 1.00. The highest BCUT2D eigenvalue weighted by Crippen LogP contribution is 2.58. The highest BCUT2D eigenvalue weighted by Gasteiger charge is 2.53. The molecule has 0 unspecified atom stereocenters. The van der Waals surface area contributed by atoms with Crippen molar-refractivity contribution >= 4 is 0 Å². The Bertz CT molecular complexity index is 133. The molecule has 0 aromatic carbocycles. The smallest absolute Gasteiger partial charge is 0.0552 e. The van der Waals surface area contributed by atoms with Crippen molar-refractivity contribution in [1.82, 2.24) is 0 Å². The molecule has 1 nitrogen and oxygen atoms in total. The van der Waals surface area contributed by atoms with E-state index < -0.39 is 0 Å². The van der Waals surface area contributed by atoms with Gasteiger partial charge in [0.25, 0.3) is 0 Å². The summed E-state index contributed by atoms with van der Waals surface area (Å²) in [5.41, 5.74) is 0.692. The molecule has 0 radical (unpaired) electrons. The lowest BCUT2D eigenvalue weighted by Crippen LogP contribution is -2.22.